The Hall–Kier alpha value is -0.760. The van der Waals surface area contributed by atoms with Gasteiger partial charge in [-0.3, -0.25) is 0 Å². The van der Waals surface area contributed by atoms with E-state index in [1.165, 1.54) is 76.3 Å². The van der Waals surface area contributed by atoms with Crippen LogP contribution in [0.1, 0.15) is 96.8 Å². The molecular weight excluding hydrogens is 484 g/mol. The first-order valence-corrected chi connectivity index (χ1v) is 15.1. The van der Waals surface area contributed by atoms with Gasteiger partial charge in [0.1, 0.15) is 0 Å². The first kappa shape index (κ1) is 26.3. The fourth-order valence-electron chi connectivity index (χ4n) is 7.56. The van der Waals surface area contributed by atoms with Gasteiger partial charge in [-0.1, -0.05) is 52.9 Å². The van der Waals surface area contributed by atoms with E-state index in [9.17, 15) is 5.11 Å². The van der Waals surface area contributed by atoms with E-state index in [4.69, 9.17) is 6.42 Å². The van der Waals surface area contributed by atoms with Gasteiger partial charge >= 0.3 is 0 Å². The molecule has 190 valence electrons. The van der Waals surface area contributed by atoms with Crippen LogP contribution in [0.2, 0.25) is 0 Å². The average Bonchev–Trinajstić information content (AvgIpc) is 3.06. The Kier molecular flexibility index (Phi) is 9.65. The number of halogens is 1. The van der Waals surface area contributed by atoms with E-state index in [0.29, 0.717) is 28.6 Å². The van der Waals surface area contributed by atoms with Crippen LogP contribution in [0.15, 0.2) is 23.4 Å². The number of piperidine rings is 1. The summed E-state index contributed by atoms with van der Waals surface area (Å²) in [4.78, 5) is 0.482. The molecule has 7 unspecified atom stereocenters. The molecule has 3 nitrogen and oxygen atoms in total. The van der Waals surface area contributed by atoms with Gasteiger partial charge in [-0.05, 0) is 95.4 Å². The Morgan fingerprint density at radius 1 is 1.24 bits per heavy atom. The zero-order valence-corrected chi connectivity index (χ0v) is 22.9. The molecule has 7 atom stereocenters. The summed E-state index contributed by atoms with van der Waals surface area (Å²) in [5.41, 5.74) is 3.06. The van der Waals surface area contributed by atoms with Gasteiger partial charge in [0.25, 0.3) is 0 Å². The fourth-order valence-corrected chi connectivity index (χ4v) is 8.11. The van der Waals surface area contributed by atoms with Crippen LogP contribution in [0.4, 0.5) is 0 Å². The average molecular weight is 532 g/mol. The lowest BCUT2D eigenvalue weighted by atomic mass is 9.71. The number of unbranched alkanes of at least 4 members (excludes halogenated alkanes) is 4. The highest BCUT2D eigenvalue weighted by molar-refractivity contribution is 9.09. The molecule has 0 bridgehead atoms. The summed E-state index contributed by atoms with van der Waals surface area (Å²) in [6.45, 7) is 4.41. The molecule has 34 heavy (non-hydrogen) atoms. The van der Waals surface area contributed by atoms with Crippen molar-refractivity contribution in [1.82, 2.24) is 10.6 Å². The third-order valence-corrected chi connectivity index (χ3v) is 9.94. The SMILES string of the molecule is C#CCCCCCCC1CCC(Br)C=C1NC(C)CC1C2CCCC=C2C2(CCCNC2)C1O. The van der Waals surface area contributed by atoms with Crippen LogP contribution < -0.4 is 10.6 Å². The Morgan fingerprint density at radius 2 is 2.09 bits per heavy atom. The van der Waals surface area contributed by atoms with E-state index < -0.39 is 0 Å². The predicted octanol–water partition coefficient (Wildman–Crippen LogP) is 6.47. The zero-order valence-electron chi connectivity index (χ0n) is 21.3. The number of alkyl halides is 1. The molecule has 0 amide bonds. The standard InChI is InChI=1S/C30H47BrN2O/c1-3-4-5-6-7-8-12-23-15-16-24(31)20-28(23)33-22(2)19-26-25-13-9-10-14-27(25)30(29(26)34)17-11-18-32-21-30/h1,14,20,22-26,29,32-34H,4-13,15-19,21H2,2H3. The fraction of sp³-hybridized carbons (Fsp3) is 0.800. The number of aliphatic hydroxyl groups excluding tert-OH is 1. The van der Waals surface area contributed by atoms with Gasteiger partial charge in [0, 0.05) is 34.9 Å². The van der Waals surface area contributed by atoms with Gasteiger partial charge < -0.3 is 15.7 Å². The van der Waals surface area contributed by atoms with Crippen molar-refractivity contribution in [2.75, 3.05) is 13.1 Å². The molecule has 4 aliphatic rings. The molecule has 0 aromatic rings. The molecule has 3 aliphatic carbocycles. The number of hydrogen-bond donors (Lipinski definition) is 3. The lowest BCUT2D eigenvalue weighted by Gasteiger charge is -2.40. The zero-order chi connectivity index (χ0) is 24.0. The Bertz CT molecular complexity index is 762. The maximum atomic E-state index is 11.7. The van der Waals surface area contributed by atoms with Crippen molar-refractivity contribution in [1.29, 1.82) is 0 Å². The lowest BCUT2D eigenvalue weighted by Crippen LogP contribution is -2.47. The summed E-state index contributed by atoms with van der Waals surface area (Å²) in [6.07, 6.45) is 27.0. The van der Waals surface area contributed by atoms with Gasteiger partial charge in [-0.2, -0.15) is 0 Å². The molecule has 1 saturated carbocycles. The molecule has 1 aliphatic heterocycles. The highest BCUT2D eigenvalue weighted by atomic mass is 79.9. The minimum absolute atomic E-state index is 0.000734. The van der Waals surface area contributed by atoms with Crippen molar-refractivity contribution >= 4 is 15.9 Å². The monoisotopic (exact) mass is 530 g/mol. The number of hydrogen-bond acceptors (Lipinski definition) is 3. The van der Waals surface area contributed by atoms with E-state index in [2.05, 4.69) is 51.6 Å². The highest BCUT2D eigenvalue weighted by Gasteiger charge is 2.56. The largest absolute Gasteiger partial charge is 0.392 e. The first-order valence-electron chi connectivity index (χ1n) is 14.2. The quantitative estimate of drug-likeness (QED) is 0.131. The summed E-state index contributed by atoms with van der Waals surface area (Å²) in [6, 6.07) is 0.386. The van der Waals surface area contributed by atoms with Crippen molar-refractivity contribution in [3.63, 3.8) is 0 Å². The van der Waals surface area contributed by atoms with Crippen molar-refractivity contribution in [2.24, 2.45) is 23.2 Å². The second kappa shape index (κ2) is 12.5. The van der Waals surface area contributed by atoms with E-state index in [-0.39, 0.29) is 11.5 Å². The smallest absolute Gasteiger partial charge is 0.0680 e. The van der Waals surface area contributed by atoms with Gasteiger partial charge in [0.05, 0.1) is 6.10 Å². The maximum absolute atomic E-state index is 11.7. The van der Waals surface area contributed by atoms with E-state index in [0.717, 1.165) is 32.4 Å². The summed E-state index contributed by atoms with van der Waals surface area (Å²) in [5.74, 6) is 4.37. The normalized spacial score (nSPS) is 36.4. The predicted molar refractivity (Wildman–Crippen MR) is 147 cm³/mol. The van der Waals surface area contributed by atoms with Crippen LogP contribution in [0.3, 0.4) is 0 Å². The van der Waals surface area contributed by atoms with Crippen LogP contribution in [-0.2, 0) is 0 Å². The lowest BCUT2D eigenvalue weighted by molar-refractivity contribution is 0.0128. The number of nitrogens with one attached hydrogen (secondary N) is 2. The van der Waals surface area contributed by atoms with Crippen LogP contribution in [0, 0.1) is 35.5 Å². The number of fused-ring (bicyclic) bond motifs is 2. The molecular formula is C30H47BrN2O. The maximum Gasteiger partial charge on any atom is 0.0680 e. The highest BCUT2D eigenvalue weighted by Crippen LogP contribution is 2.57. The van der Waals surface area contributed by atoms with Crippen molar-refractivity contribution in [3.05, 3.63) is 23.4 Å². The van der Waals surface area contributed by atoms with Crippen LogP contribution in [0.25, 0.3) is 0 Å². The molecule has 0 aromatic heterocycles. The van der Waals surface area contributed by atoms with Crippen molar-refractivity contribution in [2.45, 2.75) is 114 Å². The van der Waals surface area contributed by atoms with Gasteiger partial charge in [0.2, 0.25) is 0 Å². The summed E-state index contributed by atoms with van der Waals surface area (Å²) in [5, 5.41) is 19.3. The molecule has 2 fully saturated rings. The third kappa shape index (κ3) is 5.96. The minimum Gasteiger partial charge on any atom is -0.392 e. The number of terminal acetylenes is 1. The minimum atomic E-state index is -0.207. The molecule has 0 aromatic carbocycles. The Balaban J connectivity index is 1.36. The van der Waals surface area contributed by atoms with Crippen molar-refractivity contribution in [3.8, 4) is 12.3 Å². The van der Waals surface area contributed by atoms with Crippen molar-refractivity contribution < 1.29 is 5.11 Å². The van der Waals surface area contributed by atoms with E-state index in [1.54, 1.807) is 5.57 Å². The van der Waals surface area contributed by atoms with Crippen LogP contribution in [-0.4, -0.2) is 35.2 Å². The Labute approximate surface area is 217 Å². The van der Waals surface area contributed by atoms with Gasteiger partial charge in [-0.25, -0.2) is 0 Å². The topological polar surface area (TPSA) is 44.3 Å². The second-order valence-corrected chi connectivity index (χ2v) is 12.8. The molecule has 3 N–H and O–H groups in total. The summed E-state index contributed by atoms with van der Waals surface area (Å²) >= 11 is 3.86. The van der Waals surface area contributed by atoms with E-state index >= 15 is 0 Å². The van der Waals surface area contributed by atoms with E-state index in [1.807, 2.05) is 0 Å². The Morgan fingerprint density at radius 3 is 2.88 bits per heavy atom. The van der Waals surface area contributed by atoms with Gasteiger partial charge in [0.15, 0.2) is 0 Å². The second-order valence-electron chi connectivity index (χ2n) is 11.6. The number of allylic oxidation sites excluding steroid dienone is 3. The molecule has 1 spiro atoms. The van der Waals surface area contributed by atoms with Crippen LogP contribution >= 0.6 is 15.9 Å². The first-order chi connectivity index (χ1) is 16.5. The molecule has 1 saturated heterocycles. The van der Waals surface area contributed by atoms with Gasteiger partial charge in [-0.15, -0.1) is 12.3 Å². The third-order valence-electron chi connectivity index (χ3n) is 9.22. The molecule has 1 heterocycles. The summed E-state index contributed by atoms with van der Waals surface area (Å²) < 4.78 is 0. The molecule has 0 radical (unpaired) electrons. The molecule has 4 rings (SSSR count). The molecule has 4 heteroatoms. The number of aliphatic hydroxyl groups is 1. The number of rotatable bonds is 10. The summed E-state index contributed by atoms with van der Waals surface area (Å²) in [7, 11) is 0. The van der Waals surface area contributed by atoms with Crippen LogP contribution in [0.5, 0.6) is 0 Å².